The number of nitrogens with two attached hydrogens (primary N) is 1. The molecular weight excluding hydrogens is 280 g/mol. The van der Waals surface area contributed by atoms with Crippen molar-refractivity contribution in [3.05, 3.63) is 21.3 Å². The fourth-order valence-corrected chi connectivity index (χ4v) is 3.55. The lowest BCUT2D eigenvalue weighted by atomic mass is 10.0. The Kier molecular flexibility index (Phi) is 6.27. The number of hydrogen-bond acceptors (Lipinski definition) is 4. The van der Waals surface area contributed by atoms with Crippen molar-refractivity contribution >= 4 is 22.9 Å². The summed E-state index contributed by atoms with van der Waals surface area (Å²) < 4.78 is 0.780. The maximum Gasteiger partial charge on any atom is 0.0931 e. The van der Waals surface area contributed by atoms with Gasteiger partial charge in [-0.15, -0.1) is 11.3 Å². The number of aliphatic hydroxyl groups is 1. The summed E-state index contributed by atoms with van der Waals surface area (Å²) in [4.78, 5) is 3.40. The summed E-state index contributed by atoms with van der Waals surface area (Å²) in [6.45, 7) is 9.27. The van der Waals surface area contributed by atoms with Gasteiger partial charge in [0, 0.05) is 17.5 Å². The van der Waals surface area contributed by atoms with E-state index in [0.29, 0.717) is 6.54 Å². The Morgan fingerprint density at radius 1 is 1.42 bits per heavy atom. The van der Waals surface area contributed by atoms with E-state index in [1.807, 2.05) is 26.0 Å². The van der Waals surface area contributed by atoms with Gasteiger partial charge in [0.05, 0.1) is 16.0 Å². The van der Waals surface area contributed by atoms with Gasteiger partial charge in [0.15, 0.2) is 0 Å². The van der Waals surface area contributed by atoms with Crippen molar-refractivity contribution in [3.63, 3.8) is 0 Å². The van der Waals surface area contributed by atoms with Crippen LogP contribution >= 0.6 is 22.9 Å². The van der Waals surface area contributed by atoms with Crippen LogP contribution in [0.15, 0.2) is 12.1 Å². The summed E-state index contributed by atoms with van der Waals surface area (Å²) in [7, 11) is 0. The second-order valence-electron chi connectivity index (χ2n) is 5.53. The first-order valence-corrected chi connectivity index (χ1v) is 7.95. The third kappa shape index (κ3) is 5.04. The molecule has 3 nitrogen and oxygen atoms in total. The van der Waals surface area contributed by atoms with E-state index >= 15 is 0 Å². The summed E-state index contributed by atoms with van der Waals surface area (Å²) in [6.07, 6.45) is 0.891. The van der Waals surface area contributed by atoms with Crippen molar-refractivity contribution in [1.29, 1.82) is 0 Å². The minimum absolute atomic E-state index is 0.0389. The molecule has 2 unspecified atom stereocenters. The van der Waals surface area contributed by atoms with Crippen molar-refractivity contribution in [1.82, 2.24) is 4.90 Å². The first kappa shape index (κ1) is 16.9. The second kappa shape index (κ2) is 7.04. The van der Waals surface area contributed by atoms with Gasteiger partial charge in [-0.3, -0.25) is 4.90 Å². The van der Waals surface area contributed by atoms with Gasteiger partial charge in [-0.2, -0.15) is 0 Å². The first-order chi connectivity index (χ1) is 8.78. The molecule has 0 aromatic carbocycles. The van der Waals surface area contributed by atoms with Crippen LogP contribution in [0.2, 0.25) is 4.34 Å². The summed E-state index contributed by atoms with van der Waals surface area (Å²) >= 11 is 7.61. The molecule has 0 saturated carbocycles. The molecule has 1 aromatic heterocycles. The van der Waals surface area contributed by atoms with Crippen molar-refractivity contribution in [2.24, 2.45) is 5.73 Å². The van der Waals surface area contributed by atoms with Gasteiger partial charge in [-0.05, 0) is 38.9 Å². The Bertz CT molecular complexity index is 389. The number of rotatable bonds is 7. The average molecular weight is 305 g/mol. The van der Waals surface area contributed by atoms with Gasteiger partial charge in [0.2, 0.25) is 0 Å². The minimum Gasteiger partial charge on any atom is -0.389 e. The van der Waals surface area contributed by atoms with E-state index in [9.17, 15) is 5.11 Å². The molecule has 0 aliphatic carbocycles. The second-order valence-corrected chi connectivity index (χ2v) is 7.28. The molecule has 5 heteroatoms. The zero-order valence-electron chi connectivity index (χ0n) is 12.2. The fourth-order valence-electron chi connectivity index (χ4n) is 2.28. The van der Waals surface area contributed by atoms with Crippen LogP contribution in [0.5, 0.6) is 0 Å². The predicted octanol–water partition coefficient (Wildman–Crippen LogP) is 3.27. The minimum atomic E-state index is -0.733. The lowest BCUT2D eigenvalue weighted by Gasteiger charge is -2.37. The van der Waals surface area contributed by atoms with E-state index in [2.05, 4.69) is 18.7 Å². The van der Waals surface area contributed by atoms with Crippen LogP contribution in [0, 0.1) is 0 Å². The Balaban J connectivity index is 3.01. The normalized spacial score (nSPS) is 15.8. The third-order valence-corrected chi connectivity index (χ3v) is 4.45. The predicted molar refractivity (Wildman–Crippen MR) is 83.9 cm³/mol. The Morgan fingerprint density at radius 2 is 2.05 bits per heavy atom. The Labute approximate surface area is 125 Å². The van der Waals surface area contributed by atoms with E-state index in [-0.39, 0.29) is 12.1 Å². The quantitative estimate of drug-likeness (QED) is 0.813. The summed E-state index contributed by atoms with van der Waals surface area (Å²) in [6, 6.07) is 4.10. The van der Waals surface area contributed by atoms with E-state index in [0.717, 1.165) is 17.3 Å². The molecule has 110 valence electrons. The molecule has 0 radical (unpaired) electrons. The van der Waals surface area contributed by atoms with Gasteiger partial charge in [-0.1, -0.05) is 25.4 Å². The maximum atomic E-state index is 10.1. The number of halogens is 1. The molecule has 1 rings (SSSR count). The molecule has 0 aliphatic rings. The summed E-state index contributed by atoms with van der Waals surface area (Å²) in [5, 5.41) is 10.1. The smallest absolute Gasteiger partial charge is 0.0931 e. The highest BCUT2D eigenvalue weighted by Crippen LogP contribution is 2.33. The molecule has 0 bridgehead atoms. The van der Waals surface area contributed by atoms with Gasteiger partial charge in [-0.25, -0.2) is 0 Å². The maximum absolute atomic E-state index is 10.1. The molecule has 0 fully saturated rings. The molecular formula is C14H25ClN2OS. The van der Waals surface area contributed by atoms with Crippen molar-refractivity contribution in [3.8, 4) is 0 Å². The number of hydrogen-bond donors (Lipinski definition) is 2. The van der Waals surface area contributed by atoms with Crippen LogP contribution < -0.4 is 5.73 Å². The number of nitrogens with zero attached hydrogens (tertiary/aromatic N) is 1. The van der Waals surface area contributed by atoms with Crippen LogP contribution in [-0.4, -0.2) is 34.7 Å². The fraction of sp³-hybridized carbons (Fsp3) is 0.714. The zero-order valence-corrected chi connectivity index (χ0v) is 13.8. The molecule has 0 amide bonds. The molecule has 0 spiro atoms. The lowest BCUT2D eigenvalue weighted by molar-refractivity contribution is 0.0181. The van der Waals surface area contributed by atoms with Crippen LogP contribution in [0.25, 0.3) is 0 Å². The first-order valence-electron chi connectivity index (χ1n) is 6.75. The van der Waals surface area contributed by atoms with Gasteiger partial charge in [0.25, 0.3) is 0 Å². The number of likely N-dealkylation sites (N-methyl/N-ethyl adjacent to an activating group) is 1. The van der Waals surface area contributed by atoms with Crippen LogP contribution in [0.4, 0.5) is 0 Å². The third-order valence-electron chi connectivity index (χ3n) is 3.15. The summed E-state index contributed by atoms with van der Waals surface area (Å²) in [5.74, 6) is 0. The molecule has 0 saturated heterocycles. The number of thiophene rings is 1. The van der Waals surface area contributed by atoms with Crippen molar-refractivity contribution < 1.29 is 5.11 Å². The molecule has 1 heterocycles. The van der Waals surface area contributed by atoms with Gasteiger partial charge < -0.3 is 10.8 Å². The van der Waals surface area contributed by atoms with Crippen molar-refractivity contribution in [2.75, 3.05) is 13.1 Å². The highest BCUT2D eigenvalue weighted by molar-refractivity contribution is 7.16. The molecule has 0 aliphatic heterocycles. The van der Waals surface area contributed by atoms with Gasteiger partial charge >= 0.3 is 0 Å². The topological polar surface area (TPSA) is 49.5 Å². The lowest BCUT2D eigenvalue weighted by Crippen LogP contribution is -2.46. The van der Waals surface area contributed by atoms with Crippen molar-refractivity contribution in [2.45, 2.75) is 51.8 Å². The SMILES string of the molecule is CCC(N)C(c1ccc(Cl)s1)N(CC)CC(C)(C)O. The van der Waals surface area contributed by atoms with Crippen LogP contribution in [-0.2, 0) is 0 Å². The van der Waals surface area contributed by atoms with Gasteiger partial charge in [0.1, 0.15) is 0 Å². The van der Waals surface area contributed by atoms with E-state index in [1.54, 1.807) is 11.3 Å². The molecule has 2 atom stereocenters. The summed E-state index contributed by atoms with van der Waals surface area (Å²) in [5.41, 5.74) is 5.56. The van der Waals surface area contributed by atoms with Crippen LogP contribution in [0.3, 0.4) is 0 Å². The standard InChI is InChI=1S/C14H25ClN2OS/c1-5-10(16)13(11-7-8-12(15)19-11)17(6-2)9-14(3,4)18/h7-8,10,13,18H,5-6,9,16H2,1-4H3. The highest BCUT2D eigenvalue weighted by atomic mass is 35.5. The highest BCUT2D eigenvalue weighted by Gasteiger charge is 2.29. The average Bonchev–Trinajstić information content (AvgIpc) is 2.72. The Morgan fingerprint density at radius 3 is 2.42 bits per heavy atom. The molecule has 19 heavy (non-hydrogen) atoms. The molecule has 1 aromatic rings. The molecule has 3 N–H and O–H groups in total. The van der Waals surface area contributed by atoms with E-state index in [4.69, 9.17) is 17.3 Å². The van der Waals surface area contributed by atoms with E-state index in [1.165, 1.54) is 4.88 Å². The van der Waals surface area contributed by atoms with E-state index < -0.39 is 5.60 Å². The van der Waals surface area contributed by atoms with Crippen LogP contribution in [0.1, 0.15) is 45.0 Å². The monoisotopic (exact) mass is 304 g/mol. The Hall–Kier alpha value is -0.130. The largest absolute Gasteiger partial charge is 0.389 e. The zero-order chi connectivity index (χ0) is 14.6.